The Kier molecular flexibility index (Phi) is 3.78. The molecule has 2 heteroatoms. The molecule has 2 aromatic rings. The summed E-state index contributed by atoms with van der Waals surface area (Å²) in [6, 6.07) is 18.3. The average Bonchev–Trinajstić information content (AvgIpc) is 2.47. The number of carbonyl (C=O) groups is 1. The lowest BCUT2D eigenvalue weighted by atomic mass is 9.64. The van der Waals surface area contributed by atoms with Gasteiger partial charge in [0.25, 0.3) is 5.91 Å². The third kappa shape index (κ3) is 2.71. The normalized spacial score (nSPS) is 16.0. The summed E-state index contributed by atoms with van der Waals surface area (Å²) in [5.74, 6) is 0.0373. The van der Waals surface area contributed by atoms with Gasteiger partial charge in [-0.15, -0.1) is 0 Å². The maximum atomic E-state index is 12.4. The Hall–Kier alpha value is -2.09. The maximum absolute atomic E-state index is 12.4. The van der Waals surface area contributed by atoms with Gasteiger partial charge in [-0.1, -0.05) is 55.0 Å². The van der Waals surface area contributed by atoms with Crippen LogP contribution in [0.15, 0.2) is 54.6 Å². The maximum Gasteiger partial charge on any atom is 0.251 e. The minimum Gasteiger partial charge on any atom is -0.351 e. The van der Waals surface area contributed by atoms with Crippen LogP contribution in [0.1, 0.15) is 40.7 Å². The van der Waals surface area contributed by atoms with Gasteiger partial charge in [0.2, 0.25) is 0 Å². The molecule has 0 heterocycles. The highest BCUT2D eigenvalue weighted by molar-refractivity contribution is 5.95. The van der Waals surface area contributed by atoms with Crippen LogP contribution in [0, 0.1) is 6.92 Å². The Morgan fingerprint density at radius 1 is 1.05 bits per heavy atom. The van der Waals surface area contributed by atoms with Crippen molar-refractivity contribution in [2.45, 2.75) is 31.6 Å². The van der Waals surface area contributed by atoms with Crippen molar-refractivity contribution in [2.75, 3.05) is 6.54 Å². The van der Waals surface area contributed by atoms with Gasteiger partial charge in [-0.2, -0.15) is 0 Å². The van der Waals surface area contributed by atoms with Gasteiger partial charge in [-0.05, 0) is 37.0 Å². The monoisotopic (exact) mass is 279 g/mol. The standard InChI is InChI=1S/C19H21NO/c1-15-8-5-6-11-17(15)18(21)20-14-19(12-7-13-19)16-9-3-2-4-10-16/h2-6,8-11H,7,12-14H2,1H3,(H,20,21). The first-order chi connectivity index (χ1) is 10.2. The highest BCUT2D eigenvalue weighted by Gasteiger charge is 2.38. The molecule has 3 rings (SSSR count). The zero-order chi connectivity index (χ0) is 14.7. The lowest BCUT2D eigenvalue weighted by Gasteiger charge is -2.42. The van der Waals surface area contributed by atoms with E-state index in [1.165, 1.54) is 12.0 Å². The number of nitrogens with one attached hydrogen (secondary N) is 1. The highest BCUT2D eigenvalue weighted by atomic mass is 16.1. The van der Waals surface area contributed by atoms with E-state index >= 15 is 0 Å². The van der Waals surface area contributed by atoms with Crippen molar-refractivity contribution in [1.82, 2.24) is 5.32 Å². The number of carbonyl (C=O) groups excluding carboxylic acids is 1. The van der Waals surface area contributed by atoms with Crippen molar-refractivity contribution < 1.29 is 4.79 Å². The molecule has 1 aliphatic rings. The van der Waals surface area contributed by atoms with E-state index in [2.05, 4.69) is 29.6 Å². The van der Waals surface area contributed by atoms with Crippen LogP contribution in [0.5, 0.6) is 0 Å². The van der Waals surface area contributed by atoms with Crippen molar-refractivity contribution in [1.29, 1.82) is 0 Å². The summed E-state index contributed by atoms with van der Waals surface area (Å²) < 4.78 is 0. The summed E-state index contributed by atoms with van der Waals surface area (Å²) in [6.45, 7) is 2.70. The summed E-state index contributed by atoms with van der Waals surface area (Å²) in [5, 5.41) is 3.14. The Labute approximate surface area is 126 Å². The third-order valence-corrected chi connectivity index (χ3v) is 4.67. The summed E-state index contributed by atoms with van der Waals surface area (Å²) >= 11 is 0. The second-order valence-corrected chi connectivity index (χ2v) is 6.00. The van der Waals surface area contributed by atoms with E-state index in [9.17, 15) is 4.79 Å². The summed E-state index contributed by atoms with van der Waals surface area (Å²) in [6.07, 6.45) is 3.56. The van der Waals surface area contributed by atoms with Crippen LogP contribution >= 0.6 is 0 Å². The van der Waals surface area contributed by atoms with E-state index < -0.39 is 0 Å². The molecule has 1 N–H and O–H groups in total. The molecule has 1 amide bonds. The minimum atomic E-state index is 0.0373. The topological polar surface area (TPSA) is 29.1 Å². The van der Waals surface area contributed by atoms with Gasteiger partial charge >= 0.3 is 0 Å². The molecule has 0 aromatic heterocycles. The molecule has 2 nitrogen and oxygen atoms in total. The number of rotatable bonds is 4. The molecule has 0 spiro atoms. The first-order valence-corrected chi connectivity index (χ1v) is 7.61. The Balaban J connectivity index is 1.72. The molecule has 0 radical (unpaired) electrons. The summed E-state index contributed by atoms with van der Waals surface area (Å²) in [7, 11) is 0. The third-order valence-electron chi connectivity index (χ3n) is 4.67. The molecule has 0 saturated heterocycles. The van der Waals surface area contributed by atoms with Crippen LogP contribution in [0.4, 0.5) is 0 Å². The van der Waals surface area contributed by atoms with Crippen molar-refractivity contribution in [3.63, 3.8) is 0 Å². The zero-order valence-electron chi connectivity index (χ0n) is 12.4. The Morgan fingerprint density at radius 3 is 2.33 bits per heavy atom. The van der Waals surface area contributed by atoms with E-state index in [-0.39, 0.29) is 11.3 Å². The van der Waals surface area contributed by atoms with Crippen molar-refractivity contribution >= 4 is 5.91 Å². The molecule has 0 aliphatic heterocycles. The fourth-order valence-electron chi connectivity index (χ4n) is 3.14. The Morgan fingerprint density at radius 2 is 1.71 bits per heavy atom. The fourth-order valence-corrected chi connectivity index (χ4v) is 3.14. The van der Waals surface area contributed by atoms with Crippen LogP contribution in [0.3, 0.4) is 0 Å². The molecule has 0 atom stereocenters. The average molecular weight is 279 g/mol. The predicted molar refractivity (Wildman–Crippen MR) is 85.5 cm³/mol. The largest absolute Gasteiger partial charge is 0.351 e. The lowest BCUT2D eigenvalue weighted by molar-refractivity contribution is 0.0927. The van der Waals surface area contributed by atoms with E-state index in [4.69, 9.17) is 0 Å². The number of benzene rings is 2. The first-order valence-electron chi connectivity index (χ1n) is 7.61. The van der Waals surface area contributed by atoms with E-state index in [0.717, 1.165) is 30.5 Å². The first kappa shape index (κ1) is 13.9. The highest BCUT2D eigenvalue weighted by Crippen LogP contribution is 2.43. The number of hydrogen-bond acceptors (Lipinski definition) is 1. The van der Waals surface area contributed by atoms with E-state index in [1.807, 2.05) is 37.3 Å². The molecule has 1 fully saturated rings. The van der Waals surface area contributed by atoms with Crippen molar-refractivity contribution in [3.05, 3.63) is 71.3 Å². The quantitative estimate of drug-likeness (QED) is 0.905. The SMILES string of the molecule is Cc1ccccc1C(=O)NCC1(c2ccccc2)CCC1. The molecular formula is C19H21NO. The van der Waals surface area contributed by atoms with Crippen LogP contribution < -0.4 is 5.32 Å². The van der Waals surface area contributed by atoms with Crippen LogP contribution in [-0.4, -0.2) is 12.5 Å². The van der Waals surface area contributed by atoms with Crippen LogP contribution in [0.2, 0.25) is 0 Å². The number of aryl methyl sites for hydroxylation is 1. The van der Waals surface area contributed by atoms with Crippen molar-refractivity contribution in [3.8, 4) is 0 Å². The van der Waals surface area contributed by atoms with E-state index in [1.54, 1.807) is 0 Å². The van der Waals surface area contributed by atoms with Crippen LogP contribution in [0.25, 0.3) is 0 Å². The number of hydrogen-bond donors (Lipinski definition) is 1. The summed E-state index contributed by atoms with van der Waals surface area (Å²) in [5.41, 5.74) is 3.29. The fraction of sp³-hybridized carbons (Fsp3) is 0.316. The minimum absolute atomic E-state index is 0.0373. The molecule has 0 bridgehead atoms. The van der Waals surface area contributed by atoms with Crippen LogP contribution in [-0.2, 0) is 5.41 Å². The second kappa shape index (κ2) is 5.72. The van der Waals surface area contributed by atoms with Gasteiger partial charge in [0.1, 0.15) is 0 Å². The number of amides is 1. The van der Waals surface area contributed by atoms with E-state index in [0.29, 0.717) is 0 Å². The molecular weight excluding hydrogens is 258 g/mol. The van der Waals surface area contributed by atoms with Gasteiger partial charge in [0.05, 0.1) is 0 Å². The molecule has 108 valence electrons. The zero-order valence-corrected chi connectivity index (χ0v) is 12.4. The molecule has 1 saturated carbocycles. The predicted octanol–water partition coefficient (Wildman–Crippen LogP) is 3.85. The van der Waals surface area contributed by atoms with Gasteiger partial charge in [-0.3, -0.25) is 4.79 Å². The van der Waals surface area contributed by atoms with Gasteiger partial charge in [0, 0.05) is 17.5 Å². The van der Waals surface area contributed by atoms with Crippen molar-refractivity contribution in [2.24, 2.45) is 0 Å². The molecule has 2 aromatic carbocycles. The molecule has 1 aliphatic carbocycles. The van der Waals surface area contributed by atoms with Gasteiger partial charge in [0.15, 0.2) is 0 Å². The van der Waals surface area contributed by atoms with Gasteiger partial charge in [-0.25, -0.2) is 0 Å². The van der Waals surface area contributed by atoms with Gasteiger partial charge < -0.3 is 5.32 Å². The molecule has 0 unspecified atom stereocenters. The smallest absolute Gasteiger partial charge is 0.251 e. The summed E-state index contributed by atoms with van der Waals surface area (Å²) in [4.78, 5) is 12.4. The second-order valence-electron chi connectivity index (χ2n) is 6.00. The Bertz CT molecular complexity index is 629. The lowest BCUT2D eigenvalue weighted by Crippen LogP contribution is -2.45. The molecule has 21 heavy (non-hydrogen) atoms.